The molecule has 1 unspecified atom stereocenters. The first-order valence-electron chi connectivity index (χ1n) is 11.9. The number of H-pyrrole nitrogens is 2. The van der Waals surface area contributed by atoms with Crippen molar-refractivity contribution in [3.63, 3.8) is 0 Å². The predicted octanol–water partition coefficient (Wildman–Crippen LogP) is 3.83. The average Bonchev–Trinajstić information content (AvgIpc) is 3.52. The highest BCUT2D eigenvalue weighted by atomic mass is 32.2. The zero-order valence-electron chi connectivity index (χ0n) is 19.6. The molecule has 9 nitrogen and oxygen atoms in total. The zero-order valence-corrected chi connectivity index (χ0v) is 20.4. The number of hydrogen-bond donors (Lipinski definition) is 3. The van der Waals surface area contributed by atoms with E-state index >= 15 is 0 Å². The number of amides is 1. The molecule has 1 amide bonds. The predicted molar refractivity (Wildman–Crippen MR) is 137 cm³/mol. The third kappa shape index (κ3) is 4.25. The van der Waals surface area contributed by atoms with Crippen molar-refractivity contribution in [3.05, 3.63) is 78.1 Å². The first-order valence-corrected chi connectivity index (χ1v) is 13.3. The topological polar surface area (TPSA) is 124 Å². The number of fused-ring (bicyclic) bond motifs is 2. The molecular formula is C26H23FN6O3S. The number of nitrogens with zero attached hydrogens (tertiary/aromatic N) is 3. The molecule has 0 spiro atoms. The minimum absolute atomic E-state index is 0.0700. The third-order valence-corrected chi connectivity index (χ3v) is 8.51. The monoisotopic (exact) mass is 518 g/mol. The smallest absolute Gasteiger partial charge is 0.251 e. The van der Waals surface area contributed by atoms with E-state index in [0.29, 0.717) is 29.9 Å². The standard InChI is InChI=1S/C26H23FN6O3S/c27-19-7-1-4-10-23(19)37(35,36)33-13-5-6-17(15-33)28-26(34)16-11-12-20-18(14-16)24(32-31-20)25-29-21-8-2-3-9-22(21)30-25/h1-4,7-12,14,17H,5-6,13,15H2,(H,28,34)(H,29,30)(H,31,32). The molecule has 3 aromatic carbocycles. The van der Waals surface area contributed by atoms with Crippen LogP contribution in [0.4, 0.5) is 4.39 Å². The van der Waals surface area contributed by atoms with Gasteiger partial charge in [0, 0.05) is 30.1 Å². The zero-order chi connectivity index (χ0) is 25.6. The fraction of sp³-hybridized carbons (Fsp3) is 0.192. The first-order chi connectivity index (χ1) is 17.9. The maximum atomic E-state index is 14.2. The molecule has 188 valence electrons. The fourth-order valence-corrected chi connectivity index (χ4v) is 6.33. The van der Waals surface area contributed by atoms with Crippen LogP contribution in [0.5, 0.6) is 0 Å². The van der Waals surface area contributed by atoms with E-state index < -0.39 is 21.9 Å². The van der Waals surface area contributed by atoms with Gasteiger partial charge in [-0.1, -0.05) is 24.3 Å². The Labute approximate surface area is 211 Å². The molecule has 3 N–H and O–H groups in total. The van der Waals surface area contributed by atoms with E-state index in [1.54, 1.807) is 18.2 Å². The maximum Gasteiger partial charge on any atom is 0.251 e. The van der Waals surface area contributed by atoms with Crippen LogP contribution in [0.1, 0.15) is 23.2 Å². The van der Waals surface area contributed by atoms with Crippen LogP contribution in [-0.2, 0) is 10.0 Å². The highest BCUT2D eigenvalue weighted by molar-refractivity contribution is 7.89. The van der Waals surface area contributed by atoms with E-state index in [0.717, 1.165) is 28.0 Å². The highest BCUT2D eigenvalue weighted by Gasteiger charge is 2.32. The van der Waals surface area contributed by atoms with E-state index in [2.05, 4.69) is 25.5 Å². The number of halogens is 1. The highest BCUT2D eigenvalue weighted by Crippen LogP contribution is 2.27. The Morgan fingerprint density at radius 2 is 1.86 bits per heavy atom. The minimum atomic E-state index is -4.01. The van der Waals surface area contributed by atoms with Crippen LogP contribution in [0, 0.1) is 5.82 Å². The molecule has 11 heteroatoms. The Kier molecular flexibility index (Phi) is 5.73. The molecule has 1 aliphatic rings. The SMILES string of the molecule is O=C(NC1CCCN(S(=O)(=O)c2ccccc2F)C1)c1ccc2[nH]nc(-c3nc4ccccc4[nH]3)c2c1. The van der Waals surface area contributed by atoms with Crippen LogP contribution < -0.4 is 5.32 Å². The third-order valence-electron chi connectivity index (χ3n) is 6.61. The molecule has 1 saturated heterocycles. The van der Waals surface area contributed by atoms with E-state index in [-0.39, 0.29) is 23.9 Å². The van der Waals surface area contributed by atoms with Gasteiger partial charge in [0.1, 0.15) is 16.4 Å². The number of piperidine rings is 1. The van der Waals surface area contributed by atoms with Gasteiger partial charge in [-0.3, -0.25) is 9.89 Å². The summed E-state index contributed by atoms with van der Waals surface area (Å²) in [5.74, 6) is -0.526. The molecule has 1 fully saturated rings. The number of nitrogens with one attached hydrogen (secondary N) is 3. The average molecular weight is 519 g/mol. The molecule has 6 rings (SSSR count). The lowest BCUT2D eigenvalue weighted by molar-refractivity contribution is 0.0921. The molecule has 5 aromatic rings. The number of sulfonamides is 1. The van der Waals surface area contributed by atoms with Crippen molar-refractivity contribution in [3.8, 4) is 11.5 Å². The molecule has 1 aliphatic heterocycles. The molecule has 0 bridgehead atoms. The Morgan fingerprint density at radius 3 is 2.70 bits per heavy atom. The molecule has 1 atom stereocenters. The molecule has 0 saturated carbocycles. The Hall–Kier alpha value is -4.09. The van der Waals surface area contributed by atoms with Crippen LogP contribution in [0.25, 0.3) is 33.5 Å². The van der Waals surface area contributed by atoms with Gasteiger partial charge in [0.15, 0.2) is 5.82 Å². The van der Waals surface area contributed by atoms with Crippen molar-refractivity contribution in [2.24, 2.45) is 0 Å². The summed E-state index contributed by atoms with van der Waals surface area (Å²) in [5, 5.41) is 11.1. The van der Waals surface area contributed by atoms with Gasteiger partial charge in [-0.2, -0.15) is 9.40 Å². The summed E-state index contributed by atoms with van der Waals surface area (Å²) in [6, 6.07) is 17.8. The Balaban J connectivity index is 1.23. The van der Waals surface area contributed by atoms with Gasteiger partial charge in [-0.15, -0.1) is 0 Å². The van der Waals surface area contributed by atoms with Gasteiger partial charge in [0.2, 0.25) is 10.0 Å². The van der Waals surface area contributed by atoms with Gasteiger partial charge in [-0.25, -0.2) is 17.8 Å². The molecule has 0 radical (unpaired) electrons. The number of aromatic amines is 2. The lowest BCUT2D eigenvalue weighted by Gasteiger charge is -2.32. The van der Waals surface area contributed by atoms with Crippen molar-refractivity contribution < 1.29 is 17.6 Å². The summed E-state index contributed by atoms with van der Waals surface area (Å²) in [7, 11) is -4.01. The van der Waals surface area contributed by atoms with Gasteiger partial charge in [-0.05, 0) is 55.3 Å². The number of rotatable bonds is 5. The number of hydrogen-bond acceptors (Lipinski definition) is 5. The van der Waals surface area contributed by atoms with Gasteiger partial charge in [0.25, 0.3) is 5.91 Å². The number of imidazole rings is 1. The number of para-hydroxylation sites is 2. The van der Waals surface area contributed by atoms with Crippen LogP contribution in [0.3, 0.4) is 0 Å². The van der Waals surface area contributed by atoms with Gasteiger partial charge >= 0.3 is 0 Å². The summed E-state index contributed by atoms with van der Waals surface area (Å²) in [6.07, 6.45) is 1.17. The summed E-state index contributed by atoms with van der Waals surface area (Å²) in [6.45, 7) is 0.339. The minimum Gasteiger partial charge on any atom is -0.348 e. The second-order valence-corrected chi connectivity index (χ2v) is 10.9. The van der Waals surface area contributed by atoms with Gasteiger partial charge < -0.3 is 10.3 Å². The second kappa shape index (κ2) is 9.09. The fourth-order valence-electron chi connectivity index (χ4n) is 4.74. The lowest BCUT2D eigenvalue weighted by Crippen LogP contribution is -2.49. The van der Waals surface area contributed by atoms with Crippen LogP contribution in [-0.4, -0.2) is 57.9 Å². The van der Waals surface area contributed by atoms with Crippen LogP contribution in [0.15, 0.2) is 71.6 Å². The van der Waals surface area contributed by atoms with E-state index in [1.807, 2.05) is 24.3 Å². The Morgan fingerprint density at radius 1 is 1.05 bits per heavy atom. The van der Waals surface area contributed by atoms with Crippen LogP contribution in [0.2, 0.25) is 0 Å². The lowest BCUT2D eigenvalue weighted by atomic mass is 10.1. The number of carbonyl (C=O) groups is 1. The van der Waals surface area contributed by atoms with E-state index in [1.165, 1.54) is 22.5 Å². The van der Waals surface area contributed by atoms with Crippen molar-refractivity contribution in [1.82, 2.24) is 29.8 Å². The first kappa shape index (κ1) is 23.3. The quantitative estimate of drug-likeness (QED) is 0.326. The molecular weight excluding hydrogens is 495 g/mol. The largest absolute Gasteiger partial charge is 0.348 e. The van der Waals surface area contributed by atoms with Crippen LogP contribution >= 0.6 is 0 Å². The van der Waals surface area contributed by atoms with Crippen molar-refractivity contribution in [2.45, 2.75) is 23.8 Å². The second-order valence-electron chi connectivity index (χ2n) is 9.04. The summed E-state index contributed by atoms with van der Waals surface area (Å²) < 4.78 is 41.5. The van der Waals surface area contributed by atoms with E-state index in [4.69, 9.17) is 0 Å². The molecule has 3 heterocycles. The molecule has 2 aromatic heterocycles. The number of carbonyl (C=O) groups excluding carboxylic acids is 1. The normalized spacial score (nSPS) is 16.8. The van der Waals surface area contributed by atoms with Crippen molar-refractivity contribution in [2.75, 3.05) is 13.1 Å². The molecule has 37 heavy (non-hydrogen) atoms. The maximum absolute atomic E-state index is 14.2. The summed E-state index contributed by atoms with van der Waals surface area (Å²) in [4.78, 5) is 20.7. The van der Waals surface area contributed by atoms with Crippen molar-refractivity contribution in [1.29, 1.82) is 0 Å². The van der Waals surface area contributed by atoms with Crippen molar-refractivity contribution >= 4 is 37.9 Å². The van der Waals surface area contributed by atoms with E-state index in [9.17, 15) is 17.6 Å². The number of aromatic nitrogens is 4. The molecule has 0 aliphatic carbocycles. The summed E-state index contributed by atoms with van der Waals surface area (Å²) >= 11 is 0. The van der Waals surface area contributed by atoms with Gasteiger partial charge in [0.05, 0.1) is 16.6 Å². The summed E-state index contributed by atoms with van der Waals surface area (Å²) in [5.41, 5.74) is 3.47. The number of benzene rings is 3. The Bertz CT molecular complexity index is 1710.